The minimum absolute atomic E-state index is 1.08. The average molecular weight is 318 g/mol. The molecule has 0 aliphatic heterocycles. The van der Waals surface area contributed by atoms with E-state index in [0.717, 1.165) is 12.8 Å². The fourth-order valence-electron chi connectivity index (χ4n) is 3.66. The lowest BCUT2D eigenvalue weighted by atomic mass is 9.91. The molecule has 0 aliphatic carbocycles. The van der Waals surface area contributed by atoms with Crippen LogP contribution in [0.1, 0.15) is 41.8 Å². The summed E-state index contributed by atoms with van der Waals surface area (Å²) in [6, 6.07) is 13.8. The number of rotatable bonds is 3. The molecular weight excluding hydrogens is 290 g/mol. The number of aryl methyl sites for hydroxylation is 4. The van der Waals surface area contributed by atoms with Crippen molar-refractivity contribution in [3.05, 3.63) is 64.3 Å². The van der Waals surface area contributed by atoms with Crippen molar-refractivity contribution in [3.8, 4) is 11.3 Å². The van der Waals surface area contributed by atoms with Gasteiger partial charge in [0.05, 0.1) is 10.9 Å². The van der Waals surface area contributed by atoms with Crippen molar-refractivity contribution < 1.29 is 4.57 Å². The predicted octanol–water partition coefficient (Wildman–Crippen LogP) is 5.38. The van der Waals surface area contributed by atoms with Gasteiger partial charge in [0.2, 0.25) is 5.69 Å². The Balaban J connectivity index is 2.46. The molecule has 3 aromatic rings. The van der Waals surface area contributed by atoms with Gasteiger partial charge in [0, 0.05) is 13.0 Å². The van der Waals surface area contributed by atoms with Crippen LogP contribution in [0.2, 0.25) is 0 Å². The third-order valence-electron chi connectivity index (χ3n) is 5.31. The second-order valence-corrected chi connectivity index (χ2v) is 6.92. The van der Waals surface area contributed by atoms with Gasteiger partial charge in [-0.05, 0) is 60.9 Å². The third kappa shape index (κ3) is 2.73. The Morgan fingerprint density at radius 2 is 1.62 bits per heavy atom. The van der Waals surface area contributed by atoms with Crippen molar-refractivity contribution in [2.24, 2.45) is 7.05 Å². The molecule has 0 N–H and O–H groups in total. The summed E-state index contributed by atoms with van der Waals surface area (Å²) in [6.45, 7) is 11.1. The van der Waals surface area contributed by atoms with Crippen LogP contribution >= 0.6 is 0 Å². The Morgan fingerprint density at radius 3 is 2.29 bits per heavy atom. The van der Waals surface area contributed by atoms with E-state index in [1.54, 1.807) is 0 Å². The van der Waals surface area contributed by atoms with Crippen LogP contribution in [0.3, 0.4) is 0 Å². The van der Waals surface area contributed by atoms with Crippen LogP contribution in [0.4, 0.5) is 0 Å². The highest BCUT2D eigenvalue weighted by molar-refractivity contribution is 5.94. The lowest BCUT2D eigenvalue weighted by Crippen LogP contribution is -2.35. The molecule has 0 saturated carbocycles. The minimum atomic E-state index is 1.08. The second-order valence-electron chi connectivity index (χ2n) is 6.92. The monoisotopic (exact) mass is 318 g/mol. The minimum Gasteiger partial charge on any atom is -0.198 e. The van der Waals surface area contributed by atoms with E-state index >= 15 is 0 Å². The molecule has 0 bridgehead atoms. The van der Waals surface area contributed by atoms with E-state index in [9.17, 15) is 0 Å². The highest BCUT2D eigenvalue weighted by atomic mass is 14.9. The molecule has 0 unspecified atom stereocenters. The molecule has 1 aromatic heterocycles. The first-order chi connectivity index (χ1) is 11.5. The molecule has 124 valence electrons. The summed E-state index contributed by atoms with van der Waals surface area (Å²) in [7, 11) is 2.19. The van der Waals surface area contributed by atoms with Crippen LogP contribution in [0, 0.1) is 20.8 Å². The average Bonchev–Trinajstić information content (AvgIpc) is 2.57. The Bertz CT molecular complexity index is 919. The topological polar surface area (TPSA) is 3.88 Å². The first kappa shape index (κ1) is 16.7. The summed E-state index contributed by atoms with van der Waals surface area (Å²) < 4.78 is 2.35. The van der Waals surface area contributed by atoms with Crippen LogP contribution < -0.4 is 4.57 Å². The molecule has 0 fully saturated rings. The van der Waals surface area contributed by atoms with Crippen molar-refractivity contribution in [2.45, 2.75) is 47.5 Å². The van der Waals surface area contributed by atoms with Crippen LogP contribution in [-0.4, -0.2) is 0 Å². The number of fused-ring (bicyclic) bond motifs is 1. The Morgan fingerprint density at radius 1 is 0.875 bits per heavy atom. The Hall–Kier alpha value is -2.15. The maximum atomic E-state index is 2.39. The number of hydrogen-bond donors (Lipinski definition) is 0. The summed E-state index contributed by atoms with van der Waals surface area (Å²) in [5.41, 5.74) is 9.64. The van der Waals surface area contributed by atoms with Gasteiger partial charge in [-0.15, -0.1) is 0 Å². The number of aromatic nitrogens is 1. The normalized spacial score (nSPS) is 11.2. The summed E-state index contributed by atoms with van der Waals surface area (Å²) in [5.74, 6) is 0. The standard InChI is InChI=1S/C23H28N/c1-7-18-13-19(8-2)17(5)21(14-18)23-22-11-15(3)9-10-20(22)12-16(4)24(23)6/h9-14H,7-8H2,1-6H3/q+1. The van der Waals surface area contributed by atoms with E-state index in [-0.39, 0.29) is 0 Å². The molecule has 0 spiro atoms. The van der Waals surface area contributed by atoms with Crippen molar-refractivity contribution in [2.75, 3.05) is 0 Å². The third-order valence-corrected chi connectivity index (χ3v) is 5.31. The predicted molar refractivity (Wildman–Crippen MR) is 104 cm³/mol. The lowest BCUT2D eigenvalue weighted by molar-refractivity contribution is -0.665. The zero-order valence-electron chi connectivity index (χ0n) is 15.8. The highest BCUT2D eigenvalue weighted by Crippen LogP contribution is 2.32. The van der Waals surface area contributed by atoms with Gasteiger partial charge in [-0.1, -0.05) is 37.6 Å². The van der Waals surface area contributed by atoms with E-state index in [1.165, 1.54) is 50.0 Å². The maximum absolute atomic E-state index is 2.39. The van der Waals surface area contributed by atoms with Gasteiger partial charge in [-0.3, -0.25) is 0 Å². The smallest absolute Gasteiger partial charge is 0.198 e. The number of hydrogen-bond acceptors (Lipinski definition) is 0. The molecule has 0 saturated heterocycles. The van der Waals surface area contributed by atoms with E-state index in [1.807, 2.05) is 0 Å². The molecular formula is C23H28N+. The fraction of sp³-hybridized carbons (Fsp3) is 0.348. The number of benzene rings is 2. The zero-order chi connectivity index (χ0) is 17.4. The quantitative estimate of drug-likeness (QED) is 0.571. The first-order valence-electron chi connectivity index (χ1n) is 8.99. The van der Waals surface area contributed by atoms with Gasteiger partial charge in [-0.2, -0.15) is 4.57 Å². The maximum Gasteiger partial charge on any atom is 0.220 e. The summed E-state index contributed by atoms with van der Waals surface area (Å²) in [5, 5.41) is 2.67. The van der Waals surface area contributed by atoms with Crippen molar-refractivity contribution in [3.63, 3.8) is 0 Å². The van der Waals surface area contributed by atoms with Crippen LogP contribution in [0.5, 0.6) is 0 Å². The molecule has 1 nitrogen and oxygen atoms in total. The van der Waals surface area contributed by atoms with Gasteiger partial charge >= 0.3 is 0 Å². The summed E-state index contributed by atoms with van der Waals surface area (Å²) >= 11 is 0. The van der Waals surface area contributed by atoms with E-state index in [0.29, 0.717) is 0 Å². The fourth-order valence-corrected chi connectivity index (χ4v) is 3.66. The Labute approximate surface area is 146 Å². The SMILES string of the molecule is CCc1cc(CC)c(C)c(-c2c3cc(C)ccc3cc(C)[n+]2C)c1. The van der Waals surface area contributed by atoms with Gasteiger partial charge in [0.15, 0.2) is 5.69 Å². The van der Waals surface area contributed by atoms with Gasteiger partial charge in [0.1, 0.15) is 7.05 Å². The van der Waals surface area contributed by atoms with Crippen LogP contribution in [0.25, 0.3) is 22.0 Å². The largest absolute Gasteiger partial charge is 0.220 e. The second kappa shape index (κ2) is 6.39. The molecule has 24 heavy (non-hydrogen) atoms. The molecule has 1 heteroatoms. The van der Waals surface area contributed by atoms with E-state index in [2.05, 4.69) is 82.6 Å². The molecule has 0 atom stereocenters. The lowest BCUT2D eigenvalue weighted by Gasteiger charge is -2.14. The summed E-state index contributed by atoms with van der Waals surface area (Å²) in [6.07, 6.45) is 2.16. The highest BCUT2D eigenvalue weighted by Gasteiger charge is 2.21. The molecule has 0 radical (unpaired) electrons. The van der Waals surface area contributed by atoms with Crippen molar-refractivity contribution >= 4 is 10.8 Å². The van der Waals surface area contributed by atoms with Crippen molar-refractivity contribution in [1.82, 2.24) is 0 Å². The molecule has 0 aliphatic rings. The van der Waals surface area contributed by atoms with E-state index < -0.39 is 0 Å². The van der Waals surface area contributed by atoms with Crippen molar-refractivity contribution in [1.29, 1.82) is 0 Å². The molecule has 1 heterocycles. The summed E-state index contributed by atoms with van der Waals surface area (Å²) in [4.78, 5) is 0. The van der Waals surface area contributed by atoms with Crippen LogP contribution in [-0.2, 0) is 19.9 Å². The molecule has 3 rings (SSSR count). The van der Waals surface area contributed by atoms with Gasteiger partial charge in [-0.25, -0.2) is 0 Å². The number of nitrogens with zero attached hydrogens (tertiary/aromatic N) is 1. The number of pyridine rings is 1. The first-order valence-corrected chi connectivity index (χ1v) is 8.99. The zero-order valence-corrected chi connectivity index (χ0v) is 15.8. The Kier molecular flexibility index (Phi) is 4.45. The van der Waals surface area contributed by atoms with Gasteiger partial charge in [0.25, 0.3) is 0 Å². The van der Waals surface area contributed by atoms with Gasteiger partial charge < -0.3 is 0 Å². The molecule has 2 aromatic carbocycles. The molecule has 0 amide bonds. The van der Waals surface area contributed by atoms with Crippen LogP contribution in [0.15, 0.2) is 36.4 Å². The van der Waals surface area contributed by atoms with E-state index in [4.69, 9.17) is 0 Å².